The number of hydrogen-bond donors (Lipinski definition) is 1. The molecule has 2 aromatic carbocycles. The highest BCUT2D eigenvalue weighted by molar-refractivity contribution is 5.79. The van der Waals surface area contributed by atoms with Crippen LogP contribution in [-0.4, -0.2) is 17.2 Å². The lowest BCUT2D eigenvalue weighted by molar-refractivity contribution is -0.384. The standard InChI is InChI=1S/C16H14N2O7/c19-15(25-16(20)23-10-12-4-2-1-3-5-12)17-24-11-13-6-8-14(9-7-13)18(21)22/h1-9H,10-11H2,(H,17,19). The Hall–Kier alpha value is -3.46. The molecule has 25 heavy (non-hydrogen) atoms. The van der Waals surface area contributed by atoms with E-state index in [1.807, 2.05) is 11.5 Å². The summed E-state index contributed by atoms with van der Waals surface area (Å²) in [6.07, 6.45) is -2.31. The van der Waals surface area contributed by atoms with Crippen molar-refractivity contribution in [2.45, 2.75) is 13.2 Å². The van der Waals surface area contributed by atoms with Gasteiger partial charge in [-0.05, 0) is 23.3 Å². The van der Waals surface area contributed by atoms with Crippen LogP contribution >= 0.6 is 0 Å². The average molecular weight is 346 g/mol. The highest BCUT2D eigenvalue weighted by atomic mass is 16.8. The van der Waals surface area contributed by atoms with Crippen LogP contribution < -0.4 is 5.48 Å². The Morgan fingerprint density at radius 2 is 1.60 bits per heavy atom. The number of nitrogens with one attached hydrogen (secondary N) is 1. The lowest BCUT2D eigenvalue weighted by Gasteiger charge is -2.07. The van der Waals surface area contributed by atoms with Gasteiger partial charge < -0.3 is 9.47 Å². The Morgan fingerprint density at radius 1 is 0.960 bits per heavy atom. The number of carbonyl (C=O) groups is 2. The molecule has 0 unspecified atom stereocenters. The number of amides is 1. The van der Waals surface area contributed by atoms with Crippen LogP contribution in [0.3, 0.4) is 0 Å². The summed E-state index contributed by atoms with van der Waals surface area (Å²) in [5, 5.41) is 10.5. The molecule has 1 N–H and O–H groups in total. The Balaban J connectivity index is 1.66. The number of hydroxylamine groups is 1. The number of rotatable bonds is 6. The van der Waals surface area contributed by atoms with Crippen molar-refractivity contribution in [1.82, 2.24) is 5.48 Å². The van der Waals surface area contributed by atoms with Gasteiger partial charge in [-0.15, -0.1) is 0 Å². The van der Waals surface area contributed by atoms with Crippen molar-refractivity contribution in [3.63, 3.8) is 0 Å². The first-order chi connectivity index (χ1) is 12.0. The van der Waals surface area contributed by atoms with E-state index in [1.165, 1.54) is 24.3 Å². The minimum atomic E-state index is -1.17. The molecule has 0 aromatic heterocycles. The molecule has 1 amide bonds. The van der Waals surface area contributed by atoms with E-state index in [4.69, 9.17) is 9.57 Å². The predicted molar refractivity (Wildman–Crippen MR) is 84.1 cm³/mol. The molecule has 0 radical (unpaired) electrons. The fraction of sp³-hybridized carbons (Fsp3) is 0.125. The third kappa shape index (κ3) is 6.28. The van der Waals surface area contributed by atoms with E-state index in [-0.39, 0.29) is 18.9 Å². The van der Waals surface area contributed by atoms with Crippen molar-refractivity contribution in [2.75, 3.05) is 0 Å². The van der Waals surface area contributed by atoms with Crippen LogP contribution in [0.2, 0.25) is 0 Å². The summed E-state index contributed by atoms with van der Waals surface area (Å²) < 4.78 is 9.09. The second-order valence-corrected chi connectivity index (χ2v) is 4.73. The summed E-state index contributed by atoms with van der Waals surface area (Å²) in [5.74, 6) is 0. The van der Waals surface area contributed by atoms with Gasteiger partial charge >= 0.3 is 12.2 Å². The Kier molecular flexibility index (Phi) is 6.43. The average Bonchev–Trinajstić information content (AvgIpc) is 2.61. The van der Waals surface area contributed by atoms with Gasteiger partial charge in [0.1, 0.15) is 6.61 Å². The van der Waals surface area contributed by atoms with E-state index < -0.39 is 17.2 Å². The maximum Gasteiger partial charge on any atom is 0.517 e. The molecule has 0 saturated carbocycles. The largest absolute Gasteiger partial charge is 0.517 e. The van der Waals surface area contributed by atoms with E-state index in [2.05, 4.69) is 4.74 Å². The van der Waals surface area contributed by atoms with Crippen molar-refractivity contribution in [3.05, 3.63) is 75.8 Å². The molecule has 0 atom stereocenters. The first-order valence-corrected chi connectivity index (χ1v) is 7.08. The third-order valence-electron chi connectivity index (χ3n) is 2.92. The van der Waals surface area contributed by atoms with Crippen LogP contribution in [0.25, 0.3) is 0 Å². The maximum atomic E-state index is 11.3. The topological polar surface area (TPSA) is 117 Å². The normalized spacial score (nSPS) is 9.92. The zero-order chi connectivity index (χ0) is 18.1. The van der Waals surface area contributed by atoms with Gasteiger partial charge in [0, 0.05) is 12.1 Å². The predicted octanol–water partition coefficient (Wildman–Crippen LogP) is 3.09. The molecule has 130 valence electrons. The van der Waals surface area contributed by atoms with Crippen molar-refractivity contribution >= 4 is 17.9 Å². The van der Waals surface area contributed by atoms with E-state index in [0.29, 0.717) is 5.56 Å². The minimum absolute atomic E-state index is 0.0311. The number of nitrogens with zero attached hydrogens (tertiary/aromatic N) is 1. The molecule has 0 fully saturated rings. The van der Waals surface area contributed by atoms with Crippen molar-refractivity contribution < 1.29 is 28.8 Å². The lowest BCUT2D eigenvalue weighted by Crippen LogP contribution is -2.27. The summed E-state index contributed by atoms with van der Waals surface area (Å²) in [6, 6.07) is 14.4. The smallest absolute Gasteiger partial charge is 0.429 e. The van der Waals surface area contributed by atoms with Gasteiger partial charge in [0.15, 0.2) is 0 Å². The quantitative estimate of drug-likeness (QED) is 0.369. The number of nitro benzene ring substituents is 1. The van der Waals surface area contributed by atoms with Crippen LogP contribution in [-0.2, 0) is 27.5 Å². The van der Waals surface area contributed by atoms with Gasteiger partial charge in [0.2, 0.25) is 0 Å². The van der Waals surface area contributed by atoms with Crippen LogP contribution in [0.15, 0.2) is 54.6 Å². The number of nitro groups is 1. The second-order valence-electron chi connectivity index (χ2n) is 4.73. The monoisotopic (exact) mass is 346 g/mol. The lowest BCUT2D eigenvalue weighted by atomic mass is 10.2. The van der Waals surface area contributed by atoms with Crippen LogP contribution in [0.4, 0.5) is 15.3 Å². The molecule has 0 aliphatic heterocycles. The van der Waals surface area contributed by atoms with E-state index in [0.717, 1.165) is 5.56 Å². The zero-order valence-electron chi connectivity index (χ0n) is 12.9. The van der Waals surface area contributed by atoms with E-state index in [9.17, 15) is 19.7 Å². The molecule has 0 heterocycles. The number of hydrogen-bond acceptors (Lipinski definition) is 7. The van der Waals surface area contributed by atoms with Gasteiger partial charge in [-0.25, -0.2) is 9.59 Å². The minimum Gasteiger partial charge on any atom is -0.429 e. The highest BCUT2D eigenvalue weighted by Crippen LogP contribution is 2.12. The second kappa shape index (κ2) is 8.99. The van der Waals surface area contributed by atoms with Gasteiger partial charge in [-0.3, -0.25) is 15.0 Å². The molecule has 9 nitrogen and oxygen atoms in total. The van der Waals surface area contributed by atoms with Crippen molar-refractivity contribution in [1.29, 1.82) is 0 Å². The molecular weight excluding hydrogens is 332 g/mol. The Bertz CT molecular complexity index is 732. The number of benzene rings is 2. The Morgan fingerprint density at radius 3 is 2.24 bits per heavy atom. The molecule has 0 spiro atoms. The van der Waals surface area contributed by atoms with Gasteiger partial charge in [-0.2, -0.15) is 5.48 Å². The fourth-order valence-corrected chi connectivity index (χ4v) is 1.73. The van der Waals surface area contributed by atoms with Crippen molar-refractivity contribution in [3.8, 4) is 0 Å². The molecule has 0 aliphatic rings. The molecular formula is C16H14N2O7. The molecule has 0 aliphatic carbocycles. The maximum absolute atomic E-state index is 11.3. The number of ether oxygens (including phenoxy) is 2. The summed E-state index contributed by atoms with van der Waals surface area (Å²) in [7, 11) is 0. The van der Waals surface area contributed by atoms with Crippen LogP contribution in [0.1, 0.15) is 11.1 Å². The zero-order valence-corrected chi connectivity index (χ0v) is 12.9. The Labute approximate surface area is 142 Å². The number of carbonyl (C=O) groups excluding carboxylic acids is 2. The molecule has 0 bridgehead atoms. The molecule has 9 heteroatoms. The summed E-state index contributed by atoms with van der Waals surface area (Å²) in [4.78, 5) is 37.5. The van der Waals surface area contributed by atoms with Crippen LogP contribution in [0.5, 0.6) is 0 Å². The summed E-state index contributed by atoms with van der Waals surface area (Å²) in [6.45, 7) is -0.0945. The van der Waals surface area contributed by atoms with E-state index in [1.54, 1.807) is 24.3 Å². The van der Waals surface area contributed by atoms with E-state index >= 15 is 0 Å². The first-order valence-electron chi connectivity index (χ1n) is 7.08. The summed E-state index contributed by atoms with van der Waals surface area (Å²) in [5.41, 5.74) is 3.17. The first kappa shape index (κ1) is 17.9. The van der Waals surface area contributed by atoms with Crippen LogP contribution in [0, 0.1) is 10.1 Å². The highest BCUT2D eigenvalue weighted by Gasteiger charge is 2.12. The number of non-ortho nitro benzene ring substituents is 1. The summed E-state index contributed by atoms with van der Waals surface area (Å²) >= 11 is 0. The van der Waals surface area contributed by atoms with Crippen molar-refractivity contribution in [2.24, 2.45) is 0 Å². The molecule has 2 rings (SSSR count). The molecule has 2 aromatic rings. The fourth-order valence-electron chi connectivity index (χ4n) is 1.73. The van der Waals surface area contributed by atoms with Gasteiger partial charge in [-0.1, -0.05) is 30.3 Å². The third-order valence-corrected chi connectivity index (χ3v) is 2.92. The van der Waals surface area contributed by atoms with Gasteiger partial charge in [0.25, 0.3) is 5.69 Å². The SMILES string of the molecule is O=C(NOCc1ccc([N+](=O)[O-])cc1)OC(=O)OCc1ccccc1. The molecule has 0 saturated heterocycles. The van der Waals surface area contributed by atoms with Gasteiger partial charge in [0.05, 0.1) is 11.5 Å².